The van der Waals surface area contributed by atoms with Gasteiger partial charge in [0.25, 0.3) is 0 Å². The van der Waals surface area contributed by atoms with Crippen LogP contribution in [0, 0.1) is 12.8 Å². The normalized spacial score (nSPS) is 15.6. The molecule has 14 heavy (non-hydrogen) atoms. The molecule has 0 unspecified atom stereocenters. The number of hydrogen-bond acceptors (Lipinski definition) is 3. The van der Waals surface area contributed by atoms with Crippen molar-refractivity contribution < 1.29 is 4.74 Å². The Morgan fingerprint density at radius 3 is 3.00 bits per heavy atom. The maximum Gasteiger partial charge on any atom is 0.218 e. The molecule has 0 bridgehead atoms. The summed E-state index contributed by atoms with van der Waals surface area (Å²) in [6.07, 6.45) is 4.37. The van der Waals surface area contributed by atoms with Crippen LogP contribution >= 0.6 is 0 Å². The van der Waals surface area contributed by atoms with E-state index in [-0.39, 0.29) is 0 Å². The minimum Gasteiger partial charge on any atom is -0.477 e. The lowest BCUT2D eigenvalue weighted by molar-refractivity contribution is 0.285. The van der Waals surface area contributed by atoms with Gasteiger partial charge in [-0.1, -0.05) is 0 Å². The van der Waals surface area contributed by atoms with Crippen molar-refractivity contribution >= 4 is 0 Å². The van der Waals surface area contributed by atoms with Crippen molar-refractivity contribution in [1.82, 2.24) is 4.98 Å². The largest absolute Gasteiger partial charge is 0.477 e. The monoisotopic (exact) mass is 192 g/mol. The summed E-state index contributed by atoms with van der Waals surface area (Å²) in [4.78, 5) is 4.21. The van der Waals surface area contributed by atoms with Crippen LogP contribution in [0.25, 0.3) is 0 Å². The highest BCUT2D eigenvalue weighted by Gasteiger charge is 2.22. The van der Waals surface area contributed by atoms with Gasteiger partial charge in [0, 0.05) is 18.3 Å². The van der Waals surface area contributed by atoms with Gasteiger partial charge in [0.2, 0.25) is 5.88 Å². The van der Waals surface area contributed by atoms with Crippen LogP contribution in [0.4, 0.5) is 0 Å². The molecule has 0 atom stereocenters. The van der Waals surface area contributed by atoms with E-state index in [1.165, 1.54) is 12.8 Å². The molecule has 1 heterocycles. The lowest BCUT2D eigenvalue weighted by Gasteiger charge is -2.10. The molecule has 0 radical (unpaired) electrons. The SMILES string of the molecule is Cc1ccnc(OCC2CC2)c1CN. The average Bonchev–Trinajstić information content (AvgIpc) is 2.98. The van der Waals surface area contributed by atoms with Crippen molar-refractivity contribution in [3.05, 3.63) is 23.4 Å². The van der Waals surface area contributed by atoms with Gasteiger partial charge in [-0.25, -0.2) is 4.98 Å². The minimum atomic E-state index is 0.500. The third-order valence-corrected chi connectivity index (χ3v) is 2.61. The van der Waals surface area contributed by atoms with E-state index in [0.717, 1.165) is 29.5 Å². The number of hydrogen-bond donors (Lipinski definition) is 1. The molecule has 1 aliphatic rings. The molecule has 1 saturated carbocycles. The van der Waals surface area contributed by atoms with Gasteiger partial charge in [0.05, 0.1) is 6.61 Å². The van der Waals surface area contributed by atoms with Crippen LogP contribution in [0.2, 0.25) is 0 Å². The summed E-state index contributed by atoms with van der Waals surface area (Å²) in [6, 6.07) is 1.96. The number of nitrogens with two attached hydrogens (primary N) is 1. The standard InChI is InChI=1S/C11H16N2O/c1-8-4-5-13-11(10(8)6-12)14-7-9-2-3-9/h4-5,9H,2-3,6-7,12H2,1H3. The first-order chi connectivity index (χ1) is 6.81. The van der Waals surface area contributed by atoms with Gasteiger partial charge in [0.15, 0.2) is 0 Å². The molecule has 3 nitrogen and oxygen atoms in total. The third kappa shape index (κ3) is 2.04. The van der Waals surface area contributed by atoms with E-state index in [9.17, 15) is 0 Å². The summed E-state index contributed by atoms with van der Waals surface area (Å²) >= 11 is 0. The highest BCUT2D eigenvalue weighted by Crippen LogP contribution is 2.30. The first-order valence-corrected chi connectivity index (χ1v) is 5.08. The molecular weight excluding hydrogens is 176 g/mol. The molecule has 0 aliphatic heterocycles. The molecule has 1 aliphatic carbocycles. The maximum absolute atomic E-state index is 5.65. The van der Waals surface area contributed by atoms with Crippen LogP contribution in [0.5, 0.6) is 5.88 Å². The Morgan fingerprint density at radius 2 is 2.36 bits per heavy atom. The summed E-state index contributed by atoms with van der Waals surface area (Å²) in [5, 5.41) is 0. The Kier molecular flexibility index (Phi) is 2.68. The van der Waals surface area contributed by atoms with Gasteiger partial charge in [-0.15, -0.1) is 0 Å². The predicted octanol–water partition coefficient (Wildman–Crippen LogP) is 1.64. The number of rotatable bonds is 4. The molecule has 0 amide bonds. The van der Waals surface area contributed by atoms with E-state index in [1.54, 1.807) is 6.20 Å². The third-order valence-electron chi connectivity index (χ3n) is 2.61. The van der Waals surface area contributed by atoms with Crippen molar-refractivity contribution in [1.29, 1.82) is 0 Å². The van der Waals surface area contributed by atoms with Gasteiger partial charge in [-0.05, 0) is 37.3 Å². The van der Waals surface area contributed by atoms with Gasteiger partial charge in [-0.3, -0.25) is 0 Å². The molecular formula is C11H16N2O. The van der Waals surface area contributed by atoms with Gasteiger partial charge < -0.3 is 10.5 Å². The fourth-order valence-electron chi connectivity index (χ4n) is 1.42. The fourth-order valence-corrected chi connectivity index (χ4v) is 1.42. The molecule has 1 fully saturated rings. The zero-order valence-electron chi connectivity index (χ0n) is 8.49. The highest BCUT2D eigenvalue weighted by molar-refractivity contribution is 5.33. The van der Waals surface area contributed by atoms with Crippen LogP contribution < -0.4 is 10.5 Å². The zero-order chi connectivity index (χ0) is 9.97. The second kappa shape index (κ2) is 3.96. The summed E-state index contributed by atoms with van der Waals surface area (Å²) < 4.78 is 5.64. The highest BCUT2D eigenvalue weighted by atomic mass is 16.5. The van der Waals surface area contributed by atoms with Gasteiger partial charge in [0.1, 0.15) is 0 Å². The molecule has 0 spiro atoms. The molecule has 0 saturated heterocycles. The van der Waals surface area contributed by atoms with E-state index in [4.69, 9.17) is 10.5 Å². The topological polar surface area (TPSA) is 48.1 Å². The summed E-state index contributed by atoms with van der Waals surface area (Å²) in [6.45, 7) is 3.33. The first-order valence-electron chi connectivity index (χ1n) is 5.08. The molecule has 2 rings (SSSR count). The van der Waals surface area contributed by atoms with Crippen molar-refractivity contribution in [2.24, 2.45) is 11.7 Å². The van der Waals surface area contributed by atoms with Crippen LogP contribution in [-0.4, -0.2) is 11.6 Å². The quantitative estimate of drug-likeness (QED) is 0.788. The predicted molar refractivity (Wildman–Crippen MR) is 55.1 cm³/mol. The zero-order valence-corrected chi connectivity index (χ0v) is 8.49. The number of nitrogens with zero attached hydrogens (tertiary/aromatic N) is 1. The summed E-state index contributed by atoms with van der Waals surface area (Å²) in [5.41, 5.74) is 7.85. The fraction of sp³-hybridized carbons (Fsp3) is 0.545. The molecule has 76 valence electrons. The van der Waals surface area contributed by atoms with E-state index < -0.39 is 0 Å². The van der Waals surface area contributed by atoms with E-state index in [0.29, 0.717) is 6.54 Å². The molecule has 1 aromatic heterocycles. The minimum absolute atomic E-state index is 0.500. The molecule has 1 aromatic rings. The molecule has 2 N–H and O–H groups in total. The second-order valence-corrected chi connectivity index (χ2v) is 3.87. The van der Waals surface area contributed by atoms with Crippen LogP contribution in [0.3, 0.4) is 0 Å². The average molecular weight is 192 g/mol. The summed E-state index contributed by atoms with van der Waals surface area (Å²) in [7, 11) is 0. The first kappa shape index (κ1) is 9.46. The summed E-state index contributed by atoms with van der Waals surface area (Å²) in [5.74, 6) is 1.47. The number of aromatic nitrogens is 1. The maximum atomic E-state index is 5.65. The lowest BCUT2D eigenvalue weighted by Crippen LogP contribution is -2.08. The Labute approximate surface area is 84.3 Å². The lowest BCUT2D eigenvalue weighted by atomic mass is 10.1. The van der Waals surface area contributed by atoms with Crippen LogP contribution in [-0.2, 0) is 6.54 Å². The number of aryl methyl sites for hydroxylation is 1. The van der Waals surface area contributed by atoms with Crippen molar-refractivity contribution in [2.75, 3.05) is 6.61 Å². The molecule has 0 aromatic carbocycles. The Balaban J connectivity index is 2.09. The number of pyridine rings is 1. The van der Waals surface area contributed by atoms with Crippen molar-refractivity contribution in [3.63, 3.8) is 0 Å². The van der Waals surface area contributed by atoms with E-state index >= 15 is 0 Å². The van der Waals surface area contributed by atoms with Crippen molar-refractivity contribution in [2.45, 2.75) is 26.3 Å². The van der Waals surface area contributed by atoms with Crippen molar-refractivity contribution in [3.8, 4) is 5.88 Å². The smallest absolute Gasteiger partial charge is 0.218 e. The van der Waals surface area contributed by atoms with Gasteiger partial charge >= 0.3 is 0 Å². The van der Waals surface area contributed by atoms with Crippen LogP contribution in [0.1, 0.15) is 24.0 Å². The Hall–Kier alpha value is -1.09. The Morgan fingerprint density at radius 1 is 1.57 bits per heavy atom. The Bertz CT molecular complexity index is 321. The van der Waals surface area contributed by atoms with E-state index in [2.05, 4.69) is 4.98 Å². The van der Waals surface area contributed by atoms with E-state index in [1.807, 2.05) is 13.0 Å². The molecule has 3 heteroatoms. The van der Waals surface area contributed by atoms with Crippen LogP contribution in [0.15, 0.2) is 12.3 Å². The number of ether oxygens (including phenoxy) is 1. The van der Waals surface area contributed by atoms with Gasteiger partial charge in [-0.2, -0.15) is 0 Å². The second-order valence-electron chi connectivity index (χ2n) is 3.87.